The molecule has 112 valence electrons. The molecule has 3 nitrogen and oxygen atoms in total. The molecular formula is C18H25N3. The van der Waals surface area contributed by atoms with Gasteiger partial charge in [0.25, 0.3) is 0 Å². The van der Waals surface area contributed by atoms with Gasteiger partial charge in [-0.2, -0.15) is 0 Å². The molecule has 0 atom stereocenters. The maximum atomic E-state index is 4.55. The van der Waals surface area contributed by atoms with Crippen LogP contribution in [0.15, 0.2) is 42.6 Å². The number of hydrogen-bond acceptors (Lipinski definition) is 3. The molecule has 1 aromatic carbocycles. The second-order valence-corrected chi connectivity index (χ2v) is 5.60. The summed E-state index contributed by atoms with van der Waals surface area (Å²) < 4.78 is 0. The number of pyridine rings is 1. The van der Waals surface area contributed by atoms with Crippen LogP contribution in [-0.2, 0) is 19.6 Å². The van der Waals surface area contributed by atoms with Crippen LogP contribution < -0.4 is 5.32 Å². The van der Waals surface area contributed by atoms with Crippen LogP contribution in [0, 0.1) is 6.92 Å². The van der Waals surface area contributed by atoms with Gasteiger partial charge in [0.05, 0.1) is 5.69 Å². The lowest BCUT2D eigenvalue weighted by molar-refractivity contribution is 0.315. The third-order valence-corrected chi connectivity index (χ3v) is 3.47. The van der Waals surface area contributed by atoms with E-state index in [1.54, 1.807) is 0 Å². The van der Waals surface area contributed by atoms with Crippen molar-refractivity contribution in [1.82, 2.24) is 15.2 Å². The molecule has 0 unspecified atom stereocenters. The molecule has 21 heavy (non-hydrogen) atoms. The second kappa shape index (κ2) is 7.91. The van der Waals surface area contributed by atoms with E-state index in [2.05, 4.69) is 72.5 Å². The molecule has 3 heteroatoms. The summed E-state index contributed by atoms with van der Waals surface area (Å²) in [6, 6.07) is 13.0. The zero-order valence-corrected chi connectivity index (χ0v) is 13.3. The monoisotopic (exact) mass is 283 g/mol. The minimum absolute atomic E-state index is 0.870. The van der Waals surface area contributed by atoms with E-state index < -0.39 is 0 Å². The van der Waals surface area contributed by atoms with Crippen LogP contribution in [0.5, 0.6) is 0 Å². The third-order valence-electron chi connectivity index (χ3n) is 3.47. The van der Waals surface area contributed by atoms with Crippen LogP contribution in [0.4, 0.5) is 0 Å². The molecule has 0 amide bonds. The van der Waals surface area contributed by atoms with Gasteiger partial charge in [-0.3, -0.25) is 9.88 Å². The van der Waals surface area contributed by atoms with Gasteiger partial charge in [-0.1, -0.05) is 42.8 Å². The molecule has 1 heterocycles. The normalized spacial score (nSPS) is 11.0. The van der Waals surface area contributed by atoms with Crippen molar-refractivity contribution in [3.63, 3.8) is 0 Å². The van der Waals surface area contributed by atoms with Gasteiger partial charge in [0, 0.05) is 25.8 Å². The maximum Gasteiger partial charge on any atom is 0.0544 e. The van der Waals surface area contributed by atoms with Crippen molar-refractivity contribution in [3.8, 4) is 0 Å². The minimum atomic E-state index is 0.870. The quantitative estimate of drug-likeness (QED) is 0.846. The van der Waals surface area contributed by atoms with Crippen LogP contribution in [0.1, 0.15) is 29.3 Å². The van der Waals surface area contributed by atoms with E-state index in [0.29, 0.717) is 0 Å². The van der Waals surface area contributed by atoms with Crippen molar-refractivity contribution >= 4 is 0 Å². The van der Waals surface area contributed by atoms with Crippen molar-refractivity contribution in [3.05, 3.63) is 65.0 Å². The van der Waals surface area contributed by atoms with E-state index in [0.717, 1.165) is 31.9 Å². The van der Waals surface area contributed by atoms with E-state index in [1.165, 1.54) is 16.7 Å². The predicted molar refractivity (Wildman–Crippen MR) is 88.0 cm³/mol. The highest BCUT2D eigenvalue weighted by molar-refractivity contribution is 5.21. The zero-order chi connectivity index (χ0) is 15.1. The summed E-state index contributed by atoms with van der Waals surface area (Å²) in [4.78, 5) is 6.83. The summed E-state index contributed by atoms with van der Waals surface area (Å²) in [7, 11) is 2.13. The van der Waals surface area contributed by atoms with Gasteiger partial charge in [0.15, 0.2) is 0 Å². The summed E-state index contributed by atoms with van der Waals surface area (Å²) in [6.45, 7) is 7.93. The van der Waals surface area contributed by atoms with E-state index in [-0.39, 0.29) is 0 Å². The molecule has 0 aliphatic carbocycles. The summed E-state index contributed by atoms with van der Waals surface area (Å²) in [5.41, 5.74) is 5.00. The van der Waals surface area contributed by atoms with Gasteiger partial charge in [0.1, 0.15) is 0 Å². The standard InChI is InChI=1S/C18H25N3/c1-4-19-11-17-9-10-18(20-12-17)14-21(3)13-16-7-5-15(2)6-8-16/h5-10,12,19H,4,11,13-14H2,1-3H3. The van der Waals surface area contributed by atoms with Crippen LogP contribution >= 0.6 is 0 Å². The summed E-state index contributed by atoms with van der Waals surface area (Å²) in [5.74, 6) is 0. The van der Waals surface area contributed by atoms with Crippen molar-refractivity contribution < 1.29 is 0 Å². The Morgan fingerprint density at radius 1 is 1.00 bits per heavy atom. The van der Waals surface area contributed by atoms with Crippen molar-refractivity contribution in [2.45, 2.75) is 33.5 Å². The fourth-order valence-corrected chi connectivity index (χ4v) is 2.26. The lowest BCUT2D eigenvalue weighted by Gasteiger charge is -2.16. The van der Waals surface area contributed by atoms with Crippen LogP contribution in [0.3, 0.4) is 0 Å². The molecule has 2 rings (SSSR count). The predicted octanol–water partition coefficient (Wildman–Crippen LogP) is 3.13. The molecule has 0 saturated heterocycles. The summed E-state index contributed by atoms with van der Waals surface area (Å²) >= 11 is 0. The van der Waals surface area contributed by atoms with E-state index in [9.17, 15) is 0 Å². The second-order valence-electron chi connectivity index (χ2n) is 5.60. The highest BCUT2D eigenvalue weighted by atomic mass is 15.1. The number of hydrogen-bond donors (Lipinski definition) is 1. The number of aryl methyl sites for hydroxylation is 1. The van der Waals surface area contributed by atoms with Gasteiger partial charge in [-0.05, 0) is 37.7 Å². The van der Waals surface area contributed by atoms with Crippen molar-refractivity contribution in [2.24, 2.45) is 0 Å². The molecule has 0 aliphatic heterocycles. The topological polar surface area (TPSA) is 28.2 Å². The Morgan fingerprint density at radius 2 is 1.71 bits per heavy atom. The Hall–Kier alpha value is -1.71. The number of benzene rings is 1. The molecule has 1 aromatic heterocycles. The Balaban J connectivity index is 1.87. The Bertz CT molecular complexity index is 531. The molecule has 0 bridgehead atoms. The first-order valence-corrected chi connectivity index (χ1v) is 7.56. The molecule has 0 radical (unpaired) electrons. The van der Waals surface area contributed by atoms with Crippen molar-refractivity contribution in [1.29, 1.82) is 0 Å². The average Bonchev–Trinajstić information content (AvgIpc) is 2.49. The van der Waals surface area contributed by atoms with Crippen LogP contribution in [0.2, 0.25) is 0 Å². The van der Waals surface area contributed by atoms with Crippen LogP contribution in [0.25, 0.3) is 0 Å². The van der Waals surface area contributed by atoms with Crippen molar-refractivity contribution in [2.75, 3.05) is 13.6 Å². The zero-order valence-electron chi connectivity index (χ0n) is 13.3. The molecule has 0 aliphatic rings. The smallest absolute Gasteiger partial charge is 0.0544 e. The van der Waals surface area contributed by atoms with Gasteiger partial charge in [0.2, 0.25) is 0 Å². The number of rotatable bonds is 7. The number of nitrogens with zero attached hydrogens (tertiary/aromatic N) is 2. The Morgan fingerprint density at radius 3 is 2.33 bits per heavy atom. The molecule has 1 N–H and O–H groups in total. The molecule has 2 aromatic rings. The highest BCUT2D eigenvalue weighted by Crippen LogP contribution is 2.09. The Labute approximate surface area is 128 Å². The maximum absolute atomic E-state index is 4.55. The highest BCUT2D eigenvalue weighted by Gasteiger charge is 2.03. The Kier molecular flexibility index (Phi) is 5.90. The summed E-state index contributed by atoms with van der Waals surface area (Å²) in [5, 5.41) is 3.31. The fourth-order valence-electron chi connectivity index (χ4n) is 2.26. The SMILES string of the molecule is CCNCc1ccc(CN(C)Cc2ccc(C)cc2)nc1. The van der Waals surface area contributed by atoms with Gasteiger partial charge < -0.3 is 5.32 Å². The van der Waals surface area contributed by atoms with E-state index >= 15 is 0 Å². The number of nitrogens with one attached hydrogen (secondary N) is 1. The fraction of sp³-hybridized carbons (Fsp3) is 0.389. The largest absolute Gasteiger partial charge is 0.313 e. The van der Waals surface area contributed by atoms with Gasteiger partial charge in [-0.25, -0.2) is 0 Å². The molecule has 0 fully saturated rings. The first-order chi connectivity index (χ1) is 10.2. The van der Waals surface area contributed by atoms with E-state index in [1.807, 2.05) is 6.20 Å². The minimum Gasteiger partial charge on any atom is -0.313 e. The first-order valence-electron chi connectivity index (χ1n) is 7.56. The first kappa shape index (κ1) is 15.7. The number of aromatic nitrogens is 1. The van der Waals surface area contributed by atoms with Gasteiger partial charge >= 0.3 is 0 Å². The average molecular weight is 283 g/mol. The lowest BCUT2D eigenvalue weighted by Crippen LogP contribution is -2.18. The third kappa shape index (κ3) is 5.29. The van der Waals surface area contributed by atoms with E-state index in [4.69, 9.17) is 0 Å². The van der Waals surface area contributed by atoms with Gasteiger partial charge in [-0.15, -0.1) is 0 Å². The van der Waals surface area contributed by atoms with Crippen LogP contribution in [-0.4, -0.2) is 23.5 Å². The lowest BCUT2D eigenvalue weighted by atomic mass is 10.1. The molecular weight excluding hydrogens is 258 g/mol. The summed E-state index contributed by atoms with van der Waals surface area (Å²) in [6.07, 6.45) is 1.97. The molecule has 0 spiro atoms. The molecule has 0 saturated carbocycles.